The van der Waals surface area contributed by atoms with Gasteiger partial charge in [0.1, 0.15) is 12.0 Å². The van der Waals surface area contributed by atoms with E-state index in [1.165, 1.54) is 0 Å². The Kier molecular flexibility index (Phi) is 3.78. The first kappa shape index (κ1) is 7.10. The molecule has 0 aromatic rings. The lowest BCUT2D eigenvalue weighted by Crippen LogP contribution is -1.94. The SMILES string of the molecule is NC/C=C(F)\C=N/O. The number of rotatable bonds is 2. The van der Waals surface area contributed by atoms with E-state index in [4.69, 9.17) is 10.9 Å². The first-order valence-electron chi connectivity index (χ1n) is 2.04. The maximum atomic E-state index is 11.9. The monoisotopic (exact) mass is 118 g/mol. The van der Waals surface area contributed by atoms with Crippen LogP contribution < -0.4 is 5.73 Å². The van der Waals surface area contributed by atoms with E-state index in [1.807, 2.05) is 0 Å². The molecule has 0 aromatic carbocycles. The van der Waals surface area contributed by atoms with E-state index in [2.05, 4.69) is 5.16 Å². The van der Waals surface area contributed by atoms with Crippen LogP contribution in [0.4, 0.5) is 4.39 Å². The zero-order valence-electron chi connectivity index (χ0n) is 4.21. The summed E-state index contributed by atoms with van der Waals surface area (Å²) >= 11 is 0. The third kappa shape index (κ3) is 3.30. The van der Waals surface area contributed by atoms with E-state index in [1.54, 1.807) is 0 Å². The molecule has 0 fully saturated rings. The molecule has 0 unspecified atom stereocenters. The Hall–Kier alpha value is -0.900. The second-order valence-electron chi connectivity index (χ2n) is 1.07. The van der Waals surface area contributed by atoms with E-state index >= 15 is 0 Å². The number of oxime groups is 1. The van der Waals surface area contributed by atoms with Gasteiger partial charge in [-0.15, -0.1) is 0 Å². The lowest BCUT2D eigenvalue weighted by molar-refractivity contribution is 0.320. The predicted octanol–water partition coefficient (Wildman–Crippen LogP) is 0.259. The van der Waals surface area contributed by atoms with Crippen molar-refractivity contribution in [3.05, 3.63) is 11.9 Å². The summed E-state index contributed by atoms with van der Waals surface area (Å²) in [6.45, 7) is 0.109. The smallest absolute Gasteiger partial charge is 0.142 e. The quantitative estimate of drug-likeness (QED) is 0.310. The van der Waals surface area contributed by atoms with Crippen LogP contribution in [-0.2, 0) is 0 Å². The van der Waals surface area contributed by atoms with E-state index in [0.717, 1.165) is 6.08 Å². The fourth-order valence-electron chi connectivity index (χ4n) is 0.220. The maximum Gasteiger partial charge on any atom is 0.142 e. The van der Waals surface area contributed by atoms with Crippen LogP contribution in [0.2, 0.25) is 0 Å². The van der Waals surface area contributed by atoms with Crippen molar-refractivity contribution in [1.29, 1.82) is 0 Å². The standard InChI is InChI=1S/C4H7FN2O/c5-4(1-2-6)3-7-8/h1,3,8H,2,6H2/b4-1+,7-3-. The van der Waals surface area contributed by atoms with E-state index in [9.17, 15) is 4.39 Å². The summed E-state index contributed by atoms with van der Waals surface area (Å²) in [6, 6.07) is 0. The predicted molar refractivity (Wildman–Crippen MR) is 28.5 cm³/mol. The number of hydrogen-bond donors (Lipinski definition) is 2. The minimum atomic E-state index is -0.630. The molecular formula is C4H7FN2O. The molecule has 3 nitrogen and oxygen atoms in total. The largest absolute Gasteiger partial charge is 0.411 e. The normalized spacial score (nSPS) is 13.0. The third-order valence-electron chi connectivity index (χ3n) is 0.494. The van der Waals surface area contributed by atoms with Gasteiger partial charge in [0.2, 0.25) is 0 Å². The lowest BCUT2D eigenvalue weighted by atomic mass is 10.5. The van der Waals surface area contributed by atoms with Crippen LogP contribution in [0.25, 0.3) is 0 Å². The number of nitrogens with zero attached hydrogens (tertiary/aromatic N) is 1. The van der Waals surface area contributed by atoms with Crippen molar-refractivity contribution in [1.82, 2.24) is 0 Å². The molecule has 0 saturated carbocycles. The second-order valence-corrected chi connectivity index (χ2v) is 1.07. The summed E-state index contributed by atoms with van der Waals surface area (Å²) in [6.07, 6.45) is 1.77. The summed E-state index contributed by atoms with van der Waals surface area (Å²) in [5, 5.41) is 10.1. The van der Waals surface area contributed by atoms with Gasteiger partial charge in [-0.25, -0.2) is 4.39 Å². The van der Waals surface area contributed by atoms with Crippen LogP contribution in [0.1, 0.15) is 0 Å². The van der Waals surface area contributed by atoms with Crippen molar-refractivity contribution in [2.45, 2.75) is 0 Å². The Morgan fingerprint density at radius 2 is 2.50 bits per heavy atom. The molecule has 0 spiro atoms. The van der Waals surface area contributed by atoms with E-state index in [-0.39, 0.29) is 6.54 Å². The molecule has 4 heteroatoms. The Balaban J connectivity index is 3.61. The number of hydrogen-bond acceptors (Lipinski definition) is 3. The highest BCUT2D eigenvalue weighted by Crippen LogP contribution is 1.87. The summed E-state index contributed by atoms with van der Waals surface area (Å²) in [5.74, 6) is -0.630. The van der Waals surface area contributed by atoms with Crippen molar-refractivity contribution in [3.63, 3.8) is 0 Å². The molecule has 0 atom stereocenters. The number of nitrogens with two attached hydrogens (primary N) is 1. The maximum absolute atomic E-state index is 11.9. The molecule has 0 rings (SSSR count). The Labute approximate surface area is 46.3 Å². The van der Waals surface area contributed by atoms with Crippen molar-refractivity contribution in [2.75, 3.05) is 6.54 Å². The van der Waals surface area contributed by atoms with Gasteiger partial charge in [-0.2, -0.15) is 0 Å². The fourth-order valence-corrected chi connectivity index (χ4v) is 0.220. The van der Waals surface area contributed by atoms with Gasteiger partial charge < -0.3 is 10.9 Å². The Morgan fingerprint density at radius 1 is 1.88 bits per heavy atom. The third-order valence-corrected chi connectivity index (χ3v) is 0.494. The highest BCUT2D eigenvalue weighted by Gasteiger charge is 1.82. The van der Waals surface area contributed by atoms with E-state index in [0.29, 0.717) is 6.21 Å². The molecule has 0 aromatic heterocycles. The summed E-state index contributed by atoms with van der Waals surface area (Å²) in [4.78, 5) is 0. The average Bonchev–Trinajstić information content (AvgIpc) is 1.68. The molecule has 0 aliphatic rings. The first-order valence-corrected chi connectivity index (χ1v) is 2.04. The molecule has 0 aliphatic heterocycles. The van der Waals surface area contributed by atoms with Crippen LogP contribution in [0.15, 0.2) is 17.1 Å². The van der Waals surface area contributed by atoms with Crippen LogP contribution in [-0.4, -0.2) is 18.0 Å². The zero-order chi connectivity index (χ0) is 6.41. The van der Waals surface area contributed by atoms with Gasteiger partial charge in [0.05, 0.1) is 0 Å². The summed E-state index contributed by atoms with van der Waals surface area (Å²) in [5.41, 5.74) is 4.90. The van der Waals surface area contributed by atoms with Crippen molar-refractivity contribution in [2.24, 2.45) is 10.9 Å². The molecule has 8 heavy (non-hydrogen) atoms. The average molecular weight is 118 g/mol. The molecular weight excluding hydrogens is 111 g/mol. The van der Waals surface area contributed by atoms with Crippen LogP contribution >= 0.6 is 0 Å². The van der Waals surface area contributed by atoms with Crippen LogP contribution in [0.3, 0.4) is 0 Å². The molecule has 46 valence electrons. The highest BCUT2D eigenvalue weighted by molar-refractivity contribution is 5.74. The Morgan fingerprint density at radius 3 is 2.88 bits per heavy atom. The minimum absolute atomic E-state index is 0.109. The molecule has 0 radical (unpaired) electrons. The summed E-state index contributed by atoms with van der Waals surface area (Å²) in [7, 11) is 0. The molecule has 0 aliphatic carbocycles. The van der Waals surface area contributed by atoms with Gasteiger partial charge in [0.15, 0.2) is 0 Å². The highest BCUT2D eigenvalue weighted by atomic mass is 19.1. The zero-order valence-corrected chi connectivity index (χ0v) is 4.21. The topological polar surface area (TPSA) is 58.6 Å². The number of halogens is 1. The second kappa shape index (κ2) is 4.26. The lowest BCUT2D eigenvalue weighted by Gasteiger charge is -1.79. The molecule has 0 bridgehead atoms. The van der Waals surface area contributed by atoms with Gasteiger partial charge in [0, 0.05) is 6.54 Å². The van der Waals surface area contributed by atoms with Gasteiger partial charge in [-0.05, 0) is 6.08 Å². The van der Waals surface area contributed by atoms with Crippen LogP contribution in [0, 0.1) is 0 Å². The van der Waals surface area contributed by atoms with Crippen molar-refractivity contribution >= 4 is 6.21 Å². The van der Waals surface area contributed by atoms with Gasteiger partial charge in [0.25, 0.3) is 0 Å². The molecule has 0 amide bonds. The Bertz CT molecular complexity index is 111. The first-order chi connectivity index (χ1) is 3.81. The van der Waals surface area contributed by atoms with Gasteiger partial charge in [-0.1, -0.05) is 5.16 Å². The molecule has 0 heterocycles. The summed E-state index contributed by atoms with van der Waals surface area (Å²) < 4.78 is 11.9. The van der Waals surface area contributed by atoms with Crippen molar-refractivity contribution < 1.29 is 9.60 Å². The number of allylic oxidation sites excluding steroid dienone is 1. The minimum Gasteiger partial charge on any atom is -0.411 e. The van der Waals surface area contributed by atoms with E-state index < -0.39 is 5.83 Å². The molecule has 3 N–H and O–H groups in total. The van der Waals surface area contributed by atoms with Crippen molar-refractivity contribution in [3.8, 4) is 0 Å². The van der Waals surface area contributed by atoms with Crippen LogP contribution in [0.5, 0.6) is 0 Å². The molecule has 0 saturated heterocycles. The van der Waals surface area contributed by atoms with Gasteiger partial charge in [-0.3, -0.25) is 0 Å². The fraction of sp³-hybridized carbons (Fsp3) is 0.250. The van der Waals surface area contributed by atoms with Gasteiger partial charge >= 0.3 is 0 Å².